The number of ketones is 1. The minimum atomic E-state index is -1.08. The summed E-state index contributed by atoms with van der Waals surface area (Å²) in [7, 11) is 0. The number of benzene rings is 3. The van der Waals surface area contributed by atoms with E-state index < -0.39 is 30.1 Å². The first-order valence-corrected chi connectivity index (χ1v) is 9.96. The molecule has 0 spiro atoms. The standard InChI is InChI=1S/C23H16Cl2FNO5/c1-12-6-13(23(30)31)2-4-19(12)27-21(28)11-32-20-5-3-15(24)10-18(20)22(29)14-7-16(25)9-17(26)8-14/h2-10H,11H2,1H3,(H,27,28)(H,30,31). The van der Waals surface area contributed by atoms with Crippen molar-refractivity contribution in [1.29, 1.82) is 0 Å². The first-order valence-electron chi connectivity index (χ1n) is 9.21. The van der Waals surface area contributed by atoms with Crippen LogP contribution in [-0.4, -0.2) is 29.4 Å². The zero-order valence-corrected chi connectivity index (χ0v) is 18.1. The molecule has 6 nitrogen and oxygen atoms in total. The highest BCUT2D eigenvalue weighted by molar-refractivity contribution is 6.32. The summed E-state index contributed by atoms with van der Waals surface area (Å²) in [6.07, 6.45) is 0. The Morgan fingerprint density at radius 3 is 2.38 bits per heavy atom. The van der Waals surface area contributed by atoms with Crippen molar-refractivity contribution < 1.29 is 28.6 Å². The van der Waals surface area contributed by atoms with Crippen LogP contribution in [0, 0.1) is 12.7 Å². The van der Waals surface area contributed by atoms with Crippen molar-refractivity contribution >= 4 is 46.5 Å². The zero-order chi connectivity index (χ0) is 23.4. The minimum Gasteiger partial charge on any atom is -0.483 e. The SMILES string of the molecule is Cc1cc(C(=O)O)ccc1NC(=O)COc1ccc(Cl)cc1C(=O)c1cc(F)cc(Cl)c1. The molecule has 3 aromatic carbocycles. The third-order valence-electron chi connectivity index (χ3n) is 4.42. The second kappa shape index (κ2) is 9.80. The van der Waals surface area contributed by atoms with E-state index in [1.165, 1.54) is 42.5 Å². The number of carboxylic acids is 1. The Morgan fingerprint density at radius 1 is 0.969 bits per heavy atom. The monoisotopic (exact) mass is 475 g/mol. The lowest BCUT2D eigenvalue weighted by Gasteiger charge is -2.13. The maximum atomic E-state index is 13.7. The highest BCUT2D eigenvalue weighted by Gasteiger charge is 2.18. The molecule has 0 saturated carbocycles. The molecule has 32 heavy (non-hydrogen) atoms. The summed E-state index contributed by atoms with van der Waals surface area (Å²) in [6.45, 7) is 1.22. The molecule has 0 aromatic heterocycles. The van der Waals surface area contributed by atoms with Gasteiger partial charge in [0, 0.05) is 21.3 Å². The van der Waals surface area contributed by atoms with E-state index in [0.29, 0.717) is 11.3 Å². The molecular weight excluding hydrogens is 460 g/mol. The fourth-order valence-corrected chi connectivity index (χ4v) is 3.31. The normalized spacial score (nSPS) is 10.5. The van der Waals surface area contributed by atoms with Gasteiger partial charge in [0.2, 0.25) is 0 Å². The van der Waals surface area contributed by atoms with Crippen LogP contribution in [0.15, 0.2) is 54.6 Å². The lowest BCUT2D eigenvalue weighted by molar-refractivity contribution is -0.118. The molecule has 0 heterocycles. The maximum Gasteiger partial charge on any atom is 0.335 e. The van der Waals surface area contributed by atoms with Gasteiger partial charge in [0.25, 0.3) is 5.91 Å². The van der Waals surface area contributed by atoms with E-state index >= 15 is 0 Å². The molecule has 0 bridgehead atoms. The highest BCUT2D eigenvalue weighted by Crippen LogP contribution is 2.27. The number of ether oxygens (including phenoxy) is 1. The van der Waals surface area contributed by atoms with E-state index in [9.17, 15) is 18.8 Å². The van der Waals surface area contributed by atoms with Gasteiger partial charge in [-0.25, -0.2) is 9.18 Å². The highest BCUT2D eigenvalue weighted by atomic mass is 35.5. The van der Waals surface area contributed by atoms with Crippen LogP contribution >= 0.6 is 23.2 Å². The maximum absolute atomic E-state index is 13.7. The van der Waals surface area contributed by atoms with Crippen LogP contribution in [0.2, 0.25) is 10.0 Å². The van der Waals surface area contributed by atoms with Crippen LogP contribution in [0.25, 0.3) is 0 Å². The van der Waals surface area contributed by atoms with Crippen LogP contribution in [0.3, 0.4) is 0 Å². The zero-order valence-electron chi connectivity index (χ0n) is 16.6. The average Bonchev–Trinajstić information content (AvgIpc) is 2.72. The third kappa shape index (κ3) is 5.63. The van der Waals surface area contributed by atoms with Gasteiger partial charge < -0.3 is 15.2 Å². The van der Waals surface area contributed by atoms with Gasteiger partial charge in [-0.15, -0.1) is 0 Å². The molecule has 0 atom stereocenters. The molecule has 0 fully saturated rings. The number of carbonyl (C=O) groups is 3. The van der Waals surface area contributed by atoms with Crippen LogP contribution in [0.1, 0.15) is 31.8 Å². The number of halogens is 3. The van der Waals surface area contributed by atoms with Crippen molar-refractivity contribution in [3.05, 3.63) is 92.7 Å². The lowest BCUT2D eigenvalue weighted by Crippen LogP contribution is -2.21. The Labute approximate surface area is 192 Å². The second-order valence-electron chi connectivity index (χ2n) is 6.80. The van der Waals surface area contributed by atoms with Gasteiger partial charge in [0.15, 0.2) is 12.4 Å². The quantitative estimate of drug-likeness (QED) is 0.447. The largest absolute Gasteiger partial charge is 0.483 e. The van der Waals surface area contributed by atoms with E-state index in [0.717, 1.165) is 12.1 Å². The second-order valence-corrected chi connectivity index (χ2v) is 7.67. The van der Waals surface area contributed by atoms with Gasteiger partial charge in [-0.1, -0.05) is 23.2 Å². The molecule has 0 aliphatic rings. The molecule has 0 saturated heterocycles. The van der Waals surface area contributed by atoms with Crippen LogP contribution in [-0.2, 0) is 4.79 Å². The molecule has 0 radical (unpaired) electrons. The molecule has 164 valence electrons. The van der Waals surface area contributed by atoms with Gasteiger partial charge in [-0.05, 0) is 67.1 Å². The molecule has 0 unspecified atom stereocenters. The predicted octanol–water partition coefficient (Wildman–Crippen LogP) is 5.39. The Bertz CT molecular complexity index is 1210. The number of hydrogen-bond donors (Lipinski definition) is 2. The first-order chi connectivity index (χ1) is 15.1. The summed E-state index contributed by atoms with van der Waals surface area (Å²) in [5.74, 6) is -2.78. The summed E-state index contributed by atoms with van der Waals surface area (Å²) in [6, 6.07) is 12.0. The predicted molar refractivity (Wildman–Crippen MR) is 119 cm³/mol. The molecule has 3 aromatic rings. The first kappa shape index (κ1) is 23.2. The smallest absolute Gasteiger partial charge is 0.335 e. The van der Waals surface area contributed by atoms with E-state index in [1.807, 2.05) is 0 Å². The number of carboxylic acid groups (broad SMARTS) is 1. The Morgan fingerprint density at radius 2 is 1.72 bits per heavy atom. The molecule has 0 aliphatic heterocycles. The van der Waals surface area contributed by atoms with Crippen LogP contribution in [0.4, 0.5) is 10.1 Å². The Balaban J connectivity index is 1.76. The molecule has 2 N–H and O–H groups in total. The average molecular weight is 476 g/mol. The van der Waals surface area contributed by atoms with Gasteiger partial charge in [0.05, 0.1) is 11.1 Å². The lowest BCUT2D eigenvalue weighted by atomic mass is 10.0. The van der Waals surface area contributed by atoms with Crippen LogP contribution in [0.5, 0.6) is 5.75 Å². The molecule has 3 rings (SSSR count). The number of hydrogen-bond acceptors (Lipinski definition) is 4. The fraction of sp³-hybridized carbons (Fsp3) is 0.0870. The summed E-state index contributed by atoms with van der Waals surface area (Å²) < 4.78 is 19.2. The molecule has 9 heteroatoms. The Hall–Kier alpha value is -3.42. The van der Waals surface area contributed by atoms with Gasteiger partial charge in [-0.3, -0.25) is 9.59 Å². The van der Waals surface area contributed by atoms with Crippen molar-refractivity contribution in [2.24, 2.45) is 0 Å². The summed E-state index contributed by atoms with van der Waals surface area (Å²) in [5.41, 5.74) is 1.11. The topological polar surface area (TPSA) is 92.7 Å². The minimum absolute atomic E-state index is 0.000660. The van der Waals surface area contributed by atoms with Crippen LogP contribution < -0.4 is 10.1 Å². The summed E-state index contributed by atoms with van der Waals surface area (Å²) in [4.78, 5) is 36.2. The number of rotatable bonds is 7. The summed E-state index contributed by atoms with van der Waals surface area (Å²) >= 11 is 11.8. The van der Waals surface area contributed by atoms with Gasteiger partial charge >= 0.3 is 5.97 Å². The molecular formula is C23H16Cl2FNO5. The van der Waals surface area contributed by atoms with Crippen molar-refractivity contribution in [2.45, 2.75) is 6.92 Å². The number of carbonyl (C=O) groups excluding carboxylic acids is 2. The molecule has 1 amide bonds. The van der Waals surface area contributed by atoms with E-state index in [1.54, 1.807) is 6.92 Å². The number of nitrogens with one attached hydrogen (secondary N) is 1. The fourth-order valence-electron chi connectivity index (χ4n) is 2.91. The van der Waals surface area contributed by atoms with Crippen molar-refractivity contribution in [3.63, 3.8) is 0 Å². The number of amides is 1. The number of aryl methyl sites for hydroxylation is 1. The number of anilines is 1. The van der Waals surface area contributed by atoms with Crippen molar-refractivity contribution in [2.75, 3.05) is 11.9 Å². The van der Waals surface area contributed by atoms with Gasteiger partial charge in [-0.2, -0.15) is 0 Å². The van der Waals surface area contributed by atoms with E-state index in [2.05, 4.69) is 5.32 Å². The number of aromatic carboxylic acids is 1. The molecule has 0 aliphatic carbocycles. The van der Waals surface area contributed by atoms with E-state index in [-0.39, 0.29) is 32.5 Å². The van der Waals surface area contributed by atoms with Crippen molar-refractivity contribution in [1.82, 2.24) is 0 Å². The van der Waals surface area contributed by atoms with Crippen molar-refractivity contribution in [3.8, 4) is 5.75 Å². The van der Waals surface area contributed by atoms with E-state index in [4.69, 9.17) is 33.0 Å². The summed E-state index contributed by atoms with van der Waals surface area (Å²) in [5, 5.41) is 11.9. The van der Waals surface area contributed by atoms with Gasteiger partial charge in [0.1, 0.15) is 11.6 Å². The third-order valence-corrected chi connectivity index (χ3v) is 4.87. The Kier molecular flexibility index (Phi) is 7.12.